The first kappa shape index (κ1) is 13.8. The fraction of sp³-hybridized carbons (Fsp3) is 0.417. The van der Waals surface area contributed by atoms with Gasteiger partial charge in [0.1, 0.15) is 5.69 Å². The molecule has 0 aromatic carbocycles. The number of rotatable bonds is 2. The van der Waals surface area contributed by atoms with E-state index in [4.69, 9.17) is 21.4 Å². The molecular formula is C12H13ClN2O4. The Labute approximate surface area is 114 Å². The van der Waals surface area contributed by atoms with Crippen molar-refractivity contribution in [3.63, 3.8) is 0 Å². The van der Waals surface area contributed by atoms with Gasteiger partial charge in [-0.3, -0.25) is 4.79 Å². The smallest absolute Gasteiger partial charge is 0.334 e. The third kappa shape index (κ3) is 3.21. The monoisotopic (exact) mass is 284 g/mol. The van der Waals surface area contributed by atoms with Crippen LogP contribution in [0.2, 0.25) is 5.02 Å². The molecule has 6 nitrogen and oxygen atoms in total. The van der Waals surface area contributed by atoms with E-state index >= 15 is 0 Å². The van der Waals surface area contributed by atoms with Crippen LogP contribution in [0.25, 0.3) is 0 Å². The van der Waals surface area contributed by atoms with E-state index in [1.807, 2.05) is 0 Å². The molecule has 1 unspecified atom stereocenters. The third-order valence-electron chi connectivity index (χ3n) is 2.77. The van der Waals surface area contributed by atoms with Crippen LogP contribution in [0, 0.1) is 0 Å². The number of morpholine rings is 1. The van der Waals surface area contributed by atoms with Gasteiger partial charge in [0.05, 0.1) is 17.7 Å². The summed E-state index contributed by atoms with van der Waals surface area (Å²) in [6, 6.07) is 3.08. The van der Waals surface area contributed by atoms with Crippen LogP contribution >= 0.6 is 11.6 Å². The number of amides is 1. The van der Waals surface area contributed by atoms with E-state index in [1.54, 1.807) is 13.0 Å². The number of nitrogens with zero attached hydrogens (tertiary/aromatic N) is 2. The first-order chi connectivity index (χ1) is 8.97. The zero-order valence-electron chi connectivity index (χ0n) is 10.2. The second-order valence-electron chi connectivity index (χ2n) is 4.35. The molecule has 1 saturated heterocycles. The summed E-state index contributed by atoms with van der Waals surface area (Å²) in [5.41, 5.74) is 0.239. The Balaban J connectivity index is 2.14. The van der Waals surface area contributed by atoms with Gasteiger partial charge in [0.2, 0.25) is 0 Å². The number of carboxylic acid groups (broad SMARTS) is 1. The largest absolute Gasteiger partial charge is 0.479 e. The summed E-state index contributed by atoms with van der Waals surface area (Å²) in [4.78, 5) is 28.5. The quantitative estimate of drug-likeness (QED) is 0.878. The van der Waals surface area contributed by atoms with Crippen LogP contribution in [0.3, 0.4) is 0 Å². The van der Waals surface area contributed by atoms with Crippen molar-refractivity contribution in [2.75, 3.05) is 13.1 Å². The molecule has 0 spiro atoms. The normalized spacial score (nSPS) is 23.2. The molecule has 0 radical (unpaired) electrons. The third-order valence-corrected chi connectivity index (χ3v) is 2.99. The van der Waals surface area contributed by atoms with Crippen LogP contribution in [0.4, 0.5) is 0 Å². The molecule has 19 heavy (non-hydrogen) atoms. The Kier molecular flexibility index (Phi) is 4.01. The highest BCUT2D eigenvalue weighted by molar-refractivity contribution is 6.30. The van der Waals surface area contributed by atoms with E-state index < -0.39 is 12.1 Å². The molecule has 1 fully saturated rings. The second kappa shape index (κ2) is 5.54. The maximum Gasteiger partial charge on any atom is 0.334 e. The minimum absolute atomic E-state index is 0.0167. The highest BCUT2D eigenvalue weighted by Gasteiger charge is 2.33. The van der Waals surface area contributed by atoms with Crippen LogP contribution < -0.4 is 0 Å². The number of carbonyl (C=O) groups excluding carboxylic acids is 1. The number of hydrogen-bond acceptors (Lipinski definition) is 4. The second-order valence-corrected chi connectivity index (χ2v) is 4.78. The average Bonchev–Trinajstić information content (AvgIpc) is 2.38. The molecular weight excluding hydrogens is 272 g/mol. The molecule has 1 amide bonds. The Morgan fingerprint density at radius 3 is 2.79 bits per heavy atom. The number of carbonyl (C=O) groups is 2. The predicted molar refractivity (Wildman–Crippen MR) is 67.1 cm³/mol. The van der Waals surface area contributed by atoms with Gasteiger partial charge in [0, 0.05) is 12.7 Å². The lowest BCUT2D eigenvalue weighted by Gasteiger charge is -2.34. The van der Waals surface area contributed by atoms with Crippen molar-refractivity contribution in [1.82, 2.24) is 9.88 Å². The molecule has 1 aliphatic rings. The Hall–Kier alpha value is -1.66. The minimum atomic E-state index is -1.08. The minimum Gasteiger partial charge on any atom is -0.479 e. The maximum absolute atomic E-state index is 12.2. The van der Waals surface area contributed by atoms with Crippen molar-refractivity contribution < 1.29 is 19.4 Å². The summed E-state index contributed by atoms with van der Waals surface area (Å²) in [7, 11) is 0. The van der Waals surface area contributed by atoms with Crippen molar-refractivity contribution >= 4 is 23.5 Å². The van der Waals surface area contributed by atoms with E-state index in [0.717, 1.165) is 0 Å². The topological polar surface area (TPSA) is 79.7 Å². The lowest BCUT2D eigenvalue weighted by molar-refractivity contribution is -0.160. The van der Waals surface area contributed by atoms with Crippen molar-refractivity contribution in [3.8, 4) is 0 Å². The lowest BCUT2D eigenvalue weighted by Crippen LogP contribution is -2.51. The number of aromatic nitrogens is 1. The highest BCUT2D eigenvalue weighted by Crippen LogP contribution is 2.15. The van der Waals surface area contributed by atoms with Crippen molar-refractivity contribution in [2.45, 2.75) is 19.1 Å². The van der Waals surface area contributed by atoms with Crippen LogP contribution in [0.5, 0.6) is 0 Å². The van der Waals surface area contributed by atoms with E-state index in [9.17, 15) is 9.59 Å². The van der Waals surface area contributed by atoms with Gasteiger partial charge in [0.15, 0.2) is 6.10 Å². The van der Waals surface area contributed by atoms with Gasteiger partial charge in [-0.15, -0.1) is 0 Å². The first-order valence-electron chi connectivity index (χ1n) is 5.76. The maximum atomic E-state index is 12.2. The van der Waals surface area contributed by atoms with Gasteiger partial charge in [-0.1, -0.05) is 11.6 Å². The molecule has 0 bridgehead atoms. The van der Waals surface area contributed by atoms with Crippen LogP contribution in [0.1, 0.15) is 17.4 Å². The number of hydrogen-bond donors (Lipinski definition) is 1. The molecule has 1 aliphatic heterocycles. The van der Waals surface area contributed by atoms with E-state index in [2.05, 4.69) is 4.98 Å². The van der Waals surface area contributed by atoms with Gasteiger partial charge in [0.25, 0.3) is 5.91 Å². The molecule has 0 aliphatic carbocycles. The average molecular weight is 285 g/mol. The van der Waals surface area contributed by atoms with Crippen molar-refractivity contribution in [3.05, 3.63) is 29.0 Å². The van der Waals surface area contributed by atoms with Crippen molar-refractivity contribution in [1.29, 1.82) is 0 Å². The molecule has 1 aromatic rings. The highest BCUT2D eigenvalue weighted by atomic mass is 35.5. The SMILES string of the molecule is C[C@@H]1CN(C(=O)c2ccc(Cl)cn2)CC(C(=O)O)O1. The summed E-state index contributed by atoms with van der Waals surface area (Å²) in [5, 5.41) is 9.41. The molecule has 102 valence electrons. The summed E-state index contributed by atoms with van der Waals surface area (Å²) < 4.78 is 5.25. The number of carboxylic acids is 1. The van der Waals surface area contributed by atoms with Gasteiger partial charge >= 0.3 is 5.97 Å². The Morgan fingerprint density at radius 2 is 2.21 bits per heavy atom. The lowest BCUT2D eigenvalue weighted by atomic mass is 10.2. The van der Waals surface area contributed by atoms with Gasteiger partial charge in [-0.25, -0.2) is 9.78 Å². The van der Waals surface area contributed by atoms with Crippen molar-refractivity contribution in [2.24, 2.45) is 0 Å². The number of aliphatic carboxylic acids is 1. The molecule has 0 saturated carbocycles. The summed E-state index contributed by atoms with van der Waals surface area (Å²) in [5.74, 6) is -1.40. The fourth-order valence-electron chi connectivity index (χ4n) is 1.92. The summed E-state index contributed by atoms with van der Waals surface area (Å²) in [6.45, 7) is 2.08. The molecule has 2 heterocycles. The molecule has 1 N–H and O–H groups in total. The first-order valence-corrected chi connectivity index (χ1v) is 6.14. The standard InChI is InChI=1S/C12H13ClN2O4/c1-7-5-15(6-10(19-7)12(17)18)11(16)9-3-2-8(13)4-14-9/h2-4,7,10H,5-6H2,1H3,(H,17,18)/t7-,10?/m1/s1. The number of halogens is 1. The van der Waals surface area contributed by atoms with Gasteiger partial charge in [-0.05, 0) is 19.1 Å². The van der Waals surface area contributed by atoms with E-state index in [0.29, 0.717) is 11.6 Å². The summed E-state index contributed by atoms with van der Waals surface area (Å²) >= 11 is 5.70. The Bertz CT molecular complexity index is 491. The zero-order valence-corrected chi connectivity index (χ0v) is 11.0. The van der Waals surface area contributed by atoms with Crippen LogP contribution in [-0.4, -0.2) is 52.2 Å². The zero-order chi connectivity index (χ0) is 14.0. The van der Waals surface area contributed by atoms with E-state index in [-0.39, 0.29) is 24.2 Å². The number of pyridine rings is 1. The van der Waals surface area contributed by atoms with E-state index in [1.165, 1.54) is 17.2 Å². The predicted octanol–water partition coefficient (Wildman–Crippen LogP) is 1.05. The molecule has 2 atom stereocenters. The van der Waals surface area contributed by atoms with Crippen LogP contribution in [-0.2, 0) is 9.53 Å². The molecule has 2 rings (SSSR count). The summed E-state index contributed by atoms with van der Waals surface area (Å²) in [6.07, 6.45) is 0.0546. The van der Waals surface area contributed by atoms with Gasteiger partial charge < -0.3 is 14.7 Å². The molecule has 1 aromatic heterocycles. The van der Waals surface area contributed by atoms with Gasteiger partial charge in [-0.2, -0.15) is 0 Å². The Morgan fingerprint density at radius 1 is 1.47 bits per heavy atom. The van der Waals surface area contributed by atoms with Crippen LogP contribution in [0.15, 0.2) is 18.3 Å². The fourth-order valence-corrected chi connectivity index (χ4v) is 2.03. The molecule has 7 heteroatoms. The number of ether oxygens (including phenoxy) is 1.